The summed E-state index contributed by atoms with van der Waals surface area (Å²) in [5, 5.41) is 18.0. The van der Waals surface area contributed by atoms with Crippen LogP contribution in [0, 0.1) is 0 Å². The Kier molecular flexibility index (Phi) is 3.60. The molecule has 0 aromatic rings. The molecule has 0 radical (unpaired) electrons. The summed E-state index contributed by atoms with van der Waals surface area (Å²) in [4.78, 5) is 10.8. The van der Waals surface area contributed by atoms with Crippen LogP contribution in [0.1, 0.15) is 20.3 Å². The number of hydrogen-bond donors (Lipinski definition) is 2. The van der Waals surface area contributed by atoms with Gasteiger partial charge >= 0.3 is 0 Å². The quantitative estimate of drug-likeness (QED) is 0.642. The van der Waals surface area contributed by atoms with E-state index in [9.17, 15) is 9.90 Å². The van der Waals surface area contributed by atoms with E-state index in [1.165, 1.54) is 0 Å². The maximum Gasteiger partial charge on any atom is 0.163 e. The van der Waals surface area contributed by atoms with Gasteiger partial charge in [-0.1, -0.05) is 0 Å². The molecule has 1 fully saturated rings. The summed E-state index contributed by atoms with van der Waals surface area (Å²) in [6, 6.07) is 0. The van der Waals surface area contributed by atoms with Crippen molar-refractivity contribution >= 4 is 5.78 Å². The fourth-order valence-electron chi connectivity index (χ4n) is 1.33. The van der Waals surface area contributed by atoms with Crippen molar-refractivity contribution in [2.45, 2.75) is 38.3 Å². The summed E-state index contributed by atoms with van der Waals surface area (Å²) in [6.45, 7) is 3.21. The molecule has 0 saturated carbocycles. The summed E-state index contributed by atoms with van der Waals surface area (Å²) < 4.78 is 10.6. The van der Waals surface area contributed by atoms with Gasteiger partial charge in [-0.25, -0.2) is 0 Å². The lowest BCUT2D eigenvalue weighted by Crippen LogP contribution is -2.33. The van der Waals surface area contributed by atoms with Crippen molar-refractivity contribution in [1.82, 2.24) is 0 Å². The normalized spacial score (nSPS) is 27.6. The zero-order valence-electron chi connectivity index (χ0n) is 8.40. The second-order valence-electron chi connectivity index (χ2n) is 3.84. The number of aliphatic hydroxyl groups excluding tert-OH is 2. The molecule has 0 aromatic carbocycles. The van der Waals surface area contributed by atoms with Gasteiger partial charge in [0.1, 0.15) is 12.7 Å². The van der Waals surface area contributed by atoms with E-state index >= 15 is 0 Å². The second-order valence-corrected chi connectivity index (χ2v) is 3.84. The highest BCUT2D eigenvalue weighted by Crippen LogP contribution is 2.25. The molecule has 5 heteroatoms. The molecule has 0 spiro atoms. The third kappa shape index (κ3) is 3.02. The molecular formula is C9H16O5. The Labute approximate surface area is 82.6 Å². The molecule has 0 aliphatic carbocycles. The predicted octanol–water partition coefficient (Wildman–Crippen LogP) is -0.550. The van der Waals surface area contributed by atoms with Gasteiger partial charge in [-0.05, 0) is 13.8 Å². The lowest BCUT2D eigenvalue weighted by atomic mass is 10.1. The molecule has 1 rings (SSSR count). The molecule has 5 nitrogen and oxygen atoms in total. The van der Waals surface area contributed by atoms with Gasteiger partial charge in [0.05, 0.1) is 12.7 Å². The van der Waals surface area contributed by atoms with Crippen LogP contribution in [0.4, 0.5) is 0 Å². The largest absolute Gasteiger partial charge is 0.390 e. The molecular weight excluding hydrogens is 188 g/mol. The molecule has 82 valence electrons. The van der Waals surface area contributed by atoms with Gasteiger partial charge in [0.2, 0.25) is 0 Å². The minimum absolute atomic E-state index is 0.0966. The number of hydrogen-bond acceptors (Lipinski definition) is 5. The SMILES string of the molecule is CC1(C)OC[C@@H](C(O)CC(=O)CO)O1. The fraction of sp³-hybridized carbons (Fsp3) is 0.889. The molecule has 2 N–H and O–H groups in total. The van der Waals surface area contributed by atoms with Crippen molar-refractivity contribution in [3.8, 4) is 0 Å². The summed E-state index contributed by atoms with van der Waals surface area (Å²) in [6.07, 6.45) is -1.49. The number of ether oxygens (including phenoxy) is 2. The molecule has 0 amide bonds. The van der Waals surface area contributed by atoms with Crippen LogP contribution in [0.2, 0.25) is 0 Å². The van der Waals surface area contributed by atoms with Crippen LogP contribution in [-0.2, 0) is 14.3 Å². The summed E-state index contributed by atoms with van der Waals surface area (Å²) in [5.41, 5.74) is 0. The highest BCUT2D eigenvalue weighted by atomic mass is 16.7. The van der Waals surface area contributed by atoms with Crippen molar-refractivity contribution in [1.29, 1.82) is 0 Å². The number of rotatable bonds is 4. The zero-order valence-corrected chi connectivity index (χ0v) is 8.40. The van der Waals surface area contributed by atoms with Gasteiger partial charge in [0.25, 0.3) is 0 Å². The van der Waals surface area contributed by atoms with Gasteiger partial charge in [-0.15, -0.1) is 0 Å². The molecule has 14 heavy (non-hydrogen) atoms. The average molecular weight is 204 g/mol. The molecule has 0 bridgehead atoms. The highest BCUT2D eigenvalue weighted by Gasteiger charge is 2.37. The second kappa shape index (κ2) is 4.35. The molecule has 1 aliphatic rings. The first-order valence-corrected chi connectivity index (χ1v) is 4.57. The number of aliphatic hydroxyl groups is 2. The Hall–Kier alpha value is -0.490. The first-order chi connectivity index (χ1) is 6.44. The number of Topliss-reactive ketones (excluding diaryl/α,β-unsaturated/α-hetero) is 1. The van der Waals surface area contributed by atoms with E-state index in [1.54, 1.807) is 13.8 Å². The van der Waals surface area contributed by atoms with Gasteiger partial charge in [0, 0.05) is 6.42 Å². The molecule has 2 atom stereocenters. The van der Waals surface area contributed by atoms with E-state index in [0.717, 1.165) is 0 Å². The molecule has 1 aliphatic heterocycles. The van der Waals surface area contributed by atoms with Crippen molar-refractivity contribution in [3.05, 3.63) is 0 Å². The minimum Gasteiger partial charge on any atom is -0.390 e. The zero-order chi connectivity index (χ0) is 10.8. The monoisotopic (exact) mass is 204 g/mol. The van der Waals surface area contributed by atoms with Crippen LogP contribution in [-0.4, -0.2) is 47.2 Å². The number of carbonyl (C=O) groups is 1. The Morgan fingerprint density at radius 1 is 1.64 bits per heavy atom. The summed E-state index contributed by atoms with van der Waals surface area (Å²) in [7, 11) is 0. The topological polar surface area (TPSA) is 76.0 Å². The Morgan fingerprint density at radius 2 is 2.29 bits per heavy atom. The van der Waals surface area contributed by atoms with Gasteiger partial charge in [0.15, 0.2) is 11.6 Å². The maximum atomic E-state index is 10.8. The summed E-state index contributed by atoms with van der Waals surface area (Å²) in [5.74, 6) is -1.10. The average Bonchev–Trinajstić information content (AvgIpc) is 2.46. The van der Waals surface area contributed by atoms with E-state index in [1.807, 2.05) is 0 Å². The maximum absolute atomic E-state index is 10.8. The minimum atomic E-state index is -0.906. The van der Waals surface area contributed by atoms with Gasteiger partial charge in [-0.2, -0.15) is 0 Å². The van der Waals surface area contributed by atoms with Crippen LogP contribution >= 0.6 is 0 Å². The van der Waals surface area contributed by atoms with Crippen LogP contribution < -0.4 is 0 Å². The third-order valence-corrected chi connectivity index (χ3v) is 2.07. The summed E-state index contributed by atoms with van der Waals surface area (Å²) >= 11 is 0. The van der Waals surface area contributed by atoms with E-state index < -0.39 is 30.4 Å². The van der Waals surface area contributed by atoms with Crippen molar-refractivity contribution in [3.63, 3.8) is 0 Å². The van der Waals surface area contributed by atoms with Crippen LogP contribution in [0.5, 0.6) is 0 Å². The van der Waals surface area contributed by atoms with Crippen molar-refractivity contribution in [2.24, 2.45) is 0 Å². The van der Waals surface area contributed by atoms with Gasteiger partial charge < -0.3 is 19.7 Å². The predicted molar refractivity (Wildman–Crippen MR) is 47.6 cm³/mol. The molecule has 0 aromatic heterocycles. The van der Waals surface area contributed by atoms with Crippen LogP contribution in [0.15, 0.2) is 0 Å². The number of ketones is 1. The van der Waals surface area contributed by atoms with E-state index in [0.29, 0.717) is 0 Å². The first kappa shape index (κ1) is 11.6. The highest BCUT2D eigenvalue weighted by molar-refractivity contribution is 5.79. The Morgan fingerprint density at radius 3 is 2.71 bits per heavy atom. The van der Waals surface area contributed by atoms with Crippen LogP contribution in [0.3, 0.4) is 0 Å². The lowest BCUT2D eigenvalue weighted by Gasteiger charge is -2.19. The van der Waals surface area contributed by atoms with Gasteiger partial charge in [-0.3, -0.25) is 4.79 Å². The van der Waals surface area contributed by atoms with Crippen molar-refractivity contribution in [2.75, 3.05) is 13.2 Å². The number of carbonyl (C=O) groups excluding carboxylic acids is 1. The molecule has 1 heterocycles. The standard InChI is InChI=1S/C9H16O5/c1-9(2)13-5-8(14-9)7(12)3-6(11)4-10/h7-8,10,12H,3-5H2,1-2H3/t7?,8-/m0/s1. The smallest absolute Gasteiger partial charge is 0.163 e. The first-order valence-electron chi connectivity index (χ1n) is 4.57. The lowest BCUT2D eigenvalue weighted by molar-refractivity contribution is -0.153. The fourth-order valence-corrected chi connectivity index (χ4v) is 1.33. The van der Waals surface area contributed by atoms with Crippen LogP contribution in [0.25, 0.3) is 0 Å². The van der Waals surface area contributed by atoms with E-state index in [4.69, 9.17) is 14.6 Å². The Balaban J connectivity index is 2.39. The molecule has 1 unspecified atom stereocenters. The Bertz CT molecular complexity index is 213. The van der Waals surface area contributed by atoms with Crippen molar-refractivity contribution < 1.29 is 24.5 Å². The van der Waals surface area contributed by atoms with E-state index in [2.05, 4.69) is 0 Å². The third-order valence-electron chi connectivity index (χ3n) is 2.07. The van der Waals surface area contributed by atoms with E-state index in [-0.39, 0.29) is 13.0 Å². The molecule has 1 saturated heterocycles.